The number of rotatable bonds is 5. The van der Waals surface area contributed by atoms with Crippen LogP contribution in [0.1, 0.15) is 15.9 Å². The number of carbonyl (C=O) groups is 1. The topological polar surface area (TPSA) is 52.6 Å². The minimum absolute atomic E-state index is 0.289. The Bertz CT molecular complexity index is 639. The zero-order valence-electron chi connectivity index (χ0n) is 11.9. The molecule has 4 nitrogen and oxygen atoms in total. The minimum Gasteiger partial charge on any atom is -0.478 e. The van der Waals surface area contributed by atoms with E-state index in [1.54, 1.807) is 24.3 Å². The molecular formula is C16H17ClN2O2. The van der Waals surface area contributed by atoms with Gasteiger partial charge in [-0.1, -0.05) is 23.7 Å². The van der Waals surface area contributed by atoms with Crippen LogP contribution in [0.4, 0.5) is 11.4 Å². The SMILES string of the molecule is CN(C)c1ccc(NCc2ccc(C(=O)O)cc2)cc1Cl. The summed E-state index contributed by atoms with van der Waals surface area (Å²) >= 11 is 6.21. The number of nitrogens with zero attached hydrogens (tertiary/aromatic N) is 1. The van der Waals surface area contributed by atoms with Crippen LogP contribution in [-0.2, 0) is 6.54 Å². The largest absolute Gasteiger partial charge is 0.478 e. The Morgan fingerprint density at radius 2 is 1.86 bits per heavy atom. The summed E-state index contributed by atoms with van der Waals surface area (Å²) in [4.78, 5) is 12.7. The van der Waals surface area contributed by atoms with Crippen LogP contribution in [0.2, 0.25) is 5.02 Å². The molecule has 0 bridgehead atoms. The summed E-state index contributed by atoms with van der Waals surface area (Å²) in [5, 5.41) is 12.8. The van der Waals surface area contributed by atoms with Crippen LogP contribution in [0.25, 0.3) is 0 Å². The number of nitrogens with one attached hydrogen (secondary N) is 1. The van der Waals surface area contributed by atoms with Gasteiger partial charge in [0.05, 0.1) is 16.3 Å². The van der Waals surface area contributed by atoms with Crippen molar-refractivity contribution in [1.82, 2.24) is 0 Å². The first kappa shape index (κ1) is 15.2. The van der Waals surface area contributed by atoms with Crippen LogP contribution >= 0.6 is 11.6 Å². The van der Waals surface area contributed by atoms with Crippen LogP contribution in [0.5, 0.6) is 0 Å². The van der Waals surface area contributed by atoms with E-state index in [1.807, 2.05) is 37.2 Å². The fourth-order valence-electron chi connectivity index (χ4n) is 1.95. The number of benzene rings is 2. The van der Waals surface area contributed by atoms with Gasteiger partial charge in [-0.05, 0) is 35.9 Å². The van der Waals surface area contributed by atoms with Gasteiger partial charge in [0.25, 0.3) is 0 Å². The molecule has 2 rings (SSSR count). The van der Waals surface area contributed by atoms with E-state index in [2.05, 4.69) is 5.32 Å². The van der Waals surface area contributed by atoms with Crippen LogP contribution in [0.15, 0.2) is 42.5 Å². The van der Waals surface area contributed by atoms with Crippen LogP contribution < -0.4 is 10.2 Å². The van der Waals surface area contributed by atoms with Crippen molar-refractivity contribution < 1.29 is 9.90 Å². The lowest BCUT2D eigenvalue weighted by Crippen LogP contribution is -2.09. The van der Waals surface area contributed by atoms with E-state index in [4.69, 9.17) is 16.7 Å². The van der Waals surface area contributed by atoms with Crippen molar-refractivity contribution in [2.24, 2.45) is 0 Å². The van der Waals surface area contributed by atoms with E-state index >= 15 is 0 Å². The van der Waals surface area contributed by atoms with Gasteiger partial charge in [0.2, 0.25) is 0 Å². The Hall–Kier alpha value is -2.20. The van der Waals surface area contributed by atoms with Crippen molar-refractivity contribution in [3.63, 3.8) is 0 Å². The molecule has 0 saturated heterocycles. The van der Waals surface area contributed by atoms with Crippen molar-refractivity contribution in [2.75, 3.05) is 24.3 Å². The molecule has 0 aliphatic heterocycles. The van der Waals surface area contributed by atoms with Crippen LogP contribution in [-0.4, -0.2) is 25.2 Å². The van der Waals surface area contributed by atoms with Crippen molar-refractivity contribution >= 4 is 28.9 Å². The Morgan fingerprint density at radius 3 is 2.38 bits per heavy atom. The number of aromatic carboxylic acids is 1. The Kier molecular flexibility index (Phi) is 4.70. The second-order valence-electron chi connectivity index (χ2n) is 4.92. The number of anilines is 2. The normalized spacial score (nSPS) is 10.2. The van der Waals surface area contributed by atoms with E-state index < -0.39 is 5.97 Å². The number of halogens is 1. The highest BCUT2D eigenvalue weighted by Crippen LogP contribution is 2.27. The van der Waals surface area contributed by atoms with Gasteiger partial charge in [-0.15, -0.1) is 0 Å². The molecule has 0 unspecified atom stereocenters. The van der Waals surface area contributed by atoms with E-state index in [9.17, 15) is 4.79 Å². The maximum atomic E-state index is 10.8. The Balaban J connectivity index is 2.02. The molecule has 2 aromatic carbocycles. The van der Waals surface area contributed by atoms with Crippen molar-refractivity contribution in [2.45, 2.75) is 6.54 Å². The number of hydrogen-bond donors (Lipinski definition) is 2. The van der Waals surface area contributed by atoms with Crippen molar-refractivity contribution in [3.8, 4) is 0 Å². The number of hydrogen-bond acceptors (Lipinski definition) is 3. The summed E-state index contributed by atoms with van der Waals surface area (Å²) in [5.41, 5.74) is 3.19. The van der Waals surface area contributed by atoms with E-state index in [1.165, 1.54) is 0 Å². The molecule has 2 N–H and O–H groups in total. The summed E-state index contributed by atoms with van der Waals surface area (Å²) < 4.78 is 0. The van der Waals surface area contributed by atoms with Gasteiger partial charge < -0.3 is 15.3 Å². The third kappa shape index (κ3) is 3.89. The standard InChI is InChI=1S/C16H17ClN2O2/c1-19(2)15-8-7-13(9-14(15)17)18-10-11-3-5-12(6-4-11)16(20)21/h3-9,18H,10H2,1-2H3,(H,20,21). The summed E-state index contributed by atoms with van der Waals surface area (Å²) in [6.45, 7) is 0.609. The highest BCUT2D eigenvalue weighted by Gasteiger charge is 2.04. The van der Waals surface area contributed by atoms with Gasteiger partial charge in [-0.3, -0.25) is 0 Å². The maximum absolute atomic E-state index is 10.8. The van der Waals surface area contributed by atoms with Gasteiger partial charge >= 0.3 is 5.97 Å². The molecule has 0 aromatic heterocycles. The van der Waals surface area contributed by atoms with E-state index in [-0.39, 0.29) is 5.56 Å². The number of carboxylic acids is 1. The van der Waals surface area contributed by atoms with E-state index in [0.29, 0.717) is 11.6 Å². The zero-order chi connectivity index (χ0) is 15.4. The quantitative estimate of drug-likeness (QED) is 0.884. The summed E-state index contributed by atoms with van der Waals surface area (Å²) in [6, 6.07) is 12.6. The molecular weight excluding hydrogens is 288 g/mol. The maximum Gasteiger partial charge on any atom is 0.335 e. The molecule has 2 aromatic rings. The first-order chi connectivity index (χ1) is 9.97. The number of carboxylic acid groups (broad SMARTS) is 1. The fourth-order valence-corrected chi connectivity index (χ4v) is 2.30. The Labute approximate surface area is 129 Å². The molecule has 0 saturated carbocycles. The summed E-state index contributed by atoms with van der Waals surface area (Å²) in [7, 11) is 3.89. The molecule has 110 valence electrons. The van der Waals surface area contributed by atoms with E-state index in [0.717, 1.165) is 16.9 Å². The molecule has 0 aliphatic carbocycles. The van der Waals surface area contributed by atoms with Gasteiger partial charge in [-0.2, -0.15) is 0 Å². The molecule has 0 fully saturated rings. The van der Waals surface area contributed by atoms with Crippen molar-refractivity contribution in [1.29, 1.82) is 0 Å². The lowest BCUT2D eigenvalue weighted by Gasteiger charge is -2.15. The monoisotopic (exact) mass is 304 g/mol. The second kappa shape index (κ2) is 6.50. The molecule has 0 radical (unpaired) electrons. The molecule has 0 aliphatic rings. The third-order valence-electron chi connectivity index (χ3n) is 3.13. The smallest absolute Gasteiger partial charge is 0.335 e. The first-order valence-electron chi connectivity index (χ1n) is 6.50. The first-order valence-corrected chi connectivity index (χ1v) is 6.88. The molecule has 0 amide bonds. The van der Waals surface area contributed by atoms with Gasteiger partial charge in [0, 0.05) is 26.3 Å². The molecule has 0 spiro atoms. The van der Waals surface area contributed by atoms with Gasteiger partial charge in [-0.25, -0.2) is 4.79 Å². The predicted octanol–water partition coefficient (Wildman–Crippen LogP) is 3.72. The van der Waals surface area contributed by atoms with Gasteiger partial charge in [0.15, 0.2) is 0 Å². The summed E-state index contributed by atoms with van der Waals surface area (Å²) in [5.74, 6) is -0.916. The Morgan fingerprint density at radius 1 is 1.19 bits per heavy atom. The lowest BCUT2D eigenvalue weighted by molar-refractivity contribution is 0.0697. The third-order valence-corrected chi connectivity index (χ3v) is 3.43. The highest BCUT2D eigenvalue weighted by molar-refractivity contribution is 6.33. The fraction of sp³-hybridized carbons (Fsp3) is 0.188. The second-order valence-corrected chi connectivity index (χ2v) is 5.32. The lowest BCUT2D eigenvalue weighted by atomic mass is 10.1. The summed E-state index contributed by atoms with van der Waals surface area (Å²) in [6.07, 6.45) is 0. The highest BCUT2D eigenvalue weighted by atomic mass is 35.5. The van der Waals surface area contributed by atoms with Crippen LogP contribution in [0, 0.1) is 0 Å². The molecule has 21 heavy (non-hydrogen) atoms. The van der Waals surface area contributed by atoms with Crippen LogP contribution in [0.3, 0.4) is 0 Å². The van der Waals surface area contributed by atoms with Crippen molar-refractivity contribution in [3.05, 3.63) is 58.6 Å². The zero-order valence-corrected chi connectivity index (χ0v) is 12.7. The molecule has 5 heteroatoms. The molecule has 0 atom stereocenters. The minimum atomic E-state index is -0.916. The average Bonchev–Trinajstić information content (AvgIpc) is 2.45. The predicted molar refractivity (Wildman–Crippen MR) is 86.5 cm³/mol. The average molecular weight is 305 g/mol. The molecule has 0 heterocycles. The van der Waals surface area contributed by atoms with Gasteiger partial charge in [0.1, 0.15) is 0 Å².